The maximum atomic E-state index is 12.4. The number of halogens is 1. The zero-order valence-electron chi connectivity index (χ0n) is 15.9. The van der Waals surface area contributed by atoms with Gasteiger partial charge >= 0.3 is 0 Å². The smallest absolute Gasteiger partial charge is 0.251 e. The lowest BCUT2D eigenvalue weighted by Crippen LogP contribution is -2.55. The van der Waals surface area contributed by atoms with E-state index in [1.54, 1.807) is 5.57 Å². The Balaban J connectivity index is 0.00000243. The molecular weight excluding hydrogens is 443 g/mol. The maximum Gasteiger partial charge on any atom is 0.251 e. The first-order valence-electron chi connectivity index (χ1n) is 9.82. The van der Waals surface area contributed by atoms with Crippen molar-refractivity contribution in [2.45, 2.75) is 51.0 Å². The van der Waals surface area contributed by atoms with Crippen LogP contribution >= 0.6 is 24.0 Å². The van der Waals surface area contributed by atoms with Gasteiger partial charge in [0.2, 0.25) is 0 Å². The second-order valence-corrected chi connectivity index (χ2v) is 7.15. The fraction of sp³-hybridized carbons (Fsp3) is 0.789. The molecule has 0 saturated carbocycles. The second-order valence-electron chi connectivity index (χ2n) is 7.15. The maximum absolute atomic E-state index is 12.4. The van der Waals surface area contributed by atoms with Crippen LogP contribution in [-0.2, 0) is 9.53 Å². The van der Waals surface area contributed by atoms with Gasteiger partial charge in [-0.1, -0.05) is 11.6 Å². The van der Waals surface area contributed by atoms with Crippen LogP contribution in [0.15, 0.2) is 16.6 Å². The highest BCUT2D eigenvalue weighted by Gasteiger charge is 2.30. The average Bonchev–Trinajstić information content (AvgIpc) is 3.20. The van der Waals surface area contributed by atoms with Crippen molar-refractivity contribution in [2.24, 2.45) is 4.99 Å². The van der Waals surface area contributed by atoms with Crippen LogP contribution in [0.1, 0.15) is 44.9 Å². The number of ether oxygens (including phenoxy) is 1. The molecule has 1 atom stereocenters. The van der Waals surface area contributed by atoms with Crippen molar-refractivity contribution in [3.63, 3.8) is 0 Å². The third-order valence-corrected chi connectivity index (χ3v) is 5.42. The number of guanidine groups is 1. The first-order valence-corrected chi connectivity index (χ1v) is 9.82. The molecule has 3 aliphatic rings. The lowest BCUT2D eigenvalue weighted by atomic mass is 9.97. The number of hydrogen-bond acceptors (Lipinski definition) is 3. The number of carbonyl (C=O) groups excluding carboxylic acids is 1. The summed E-state index contributed by atoms with van der Waals surface area (Å²) < 4.78 is 5.53. The normalized spacial score (nSPS) is 24.1. The molecule has 2 fully saturated rings. The Morgan fingerprint density at radius 2 is 2.00 bits per heavy atom. The van der Waals surface area contributed by atoms with Crippen molar-refractivity contribution >= 4 is 35.8 Å². The van der Waals surface area contributed by atoms with E-state index in [-0.39, 0.29) is 36.0 Å². The molecular formula is C19H33IN4O2. The summed E-state index contributed by atoms with van der Waals surface area (Å²) in [6.45, 7) is 4.84. The number of aliphatic imine (C=N–C) groups is 1. The van der Waals surface area contributed by atoms with Crippen LogP contribution in [-0.4, -0.2) is 74.1 Å². The fourth-order valence-electron chi connectivity index (χ4n) is 3.91. The quantitative estimate of drug-likeness (QED) is 0.293. The van der Waals surface area contributed by atoms with Gasteiger partial charge in [-0.05, 0) is 44.9 Å². The van der Waals surface area contributed by atoms with Crippen molar-refractivity contribution in [3.05, 3.63) is 11.6 Å². The molecule has 2 saturated heterocycles. The number of amides is 1. The van der Waals surface area contributed by atoms with Gasteiger partial charge in [0.1, 0.15) is 6.10 Å². The Kier molecular flexibility index (Phi) is 9.18. The molecule has 1 N–H and O–H groups in total. The fourth-order valence-corrected chi connectivity index (χ4v) is 3.91. The Bertz CT molecular complexity index is 510. The van der Waals surface area contributed by atoms with E-state index in [9.17, 15) is 4.79 Å². The third kappa shape index (κ3) is 5.84. The Morgan fingerprint density at radius 1 is 1.23 bits per heavy atom. The molecule has 6 nitrogen and oxygen atoms in total. The molecule has 1 aliphatic carbocycles. The second kappa shape index (κ2) is 11.1. The molecule has 0 spiro atoms. The van der Waals surface area contributed by atoms with E-state index in [1.807, 2.05) is 11.9 Å². The molecule has 0 radical (unpaired) electrons. The summed E-state index contributed by atoms with van der Waals surface area (Å²) in [6, 6.07) is 0. The van der Waals surface area contributed by atoms with Crippen molar-refractivity contribution in [1.82, 2.24) is 15.1 Å². The van der Waals surface area contributed by atoms with Gasteiger partial charge in [-0.25, -0.2) is 0 Å². The lowest BCUT2D eigenvalue weighted by Gasteiger charge is -2.37. The van der Waals surface area contributed by atoms with Gasteiger partial charge in [0.25, 0.3) is 5.91 Å². The molecule has 0 bridgehead atoms. The van der Waals surface area contributed by atoms with Crippen molar-refractivity contribution in [3.8, 4) is 0 Å². The van der Waals surface area contributed by atoms with Crippen LogP contribution in [0, 0.1) is 0 Å². The van der Waals surface area contributed by atoms with Crippen molar-refractivity contribution < 1.29 is 9.53 Å². The van der Waals surface area contributed by atoms with Gasteiger partial charge < -0.3 is 19.9 Å². The van der Waals surface area contributed by atoms with Crippen LogP contribution in [0.5, 0.6) is 0 Å². The molecule has 0 aromatic carbocycles. The van der Waals surface area contributed by atoms with Crippen LogP contribution in [0.3, 0.4) is 0 Å². The molecule has 26 heavy (non-hydrogen) atoms. The van der Waals surface area contributed by atoms with E-state index in [4.69, 9.17) is 4.74 Å². The molecule has 0 aromatic heterocycles. The zero-order valence-corrected chi connectivity index (χ0v) is 18.2. The van der Waals surface area contributed by atoms with Gasteiger partial charge in [0.05, 0.1) is 0 Å². The van der Waals surface area contributed by atoms with Crippen LogP contribution in [0.4, 0.5) is 0 Å². The largest absolute Gasteiger partial charge is 0.368 e. The first kappa shape index (κ1) is 21.5. The van der Waals surface area contributed by atoms with E-state index in [0.717, 1.165) is 64.6 Å². The molecule has 1 amide bonds. The highest BCUT2D eigenvalue weighted by molar-refractivity contribution is 14.0. The number of nitrogens with zero attached hydrogens (tertiary/aromatic N) is 3. The summed E-state index contributed by atoms with van der Waals surface area (Å²) in [5, 5.41) is 3.49. The number of rotatable bonds is 4. The van der Waals surface area contributed by atoms with Crippen LogP contribution in [0.25, 0.3) is 0 Å². The van der Waals surface area contributed by atoms with E-state index in [2.05, 4.69) is 21.3 Å². The van der Waals surface area contributed by atoms with Gasteiger partial charge in [0.15, 0.2) is 5.96 Å². The highest BCUT2D eigenvalue weighted by Crippen LogP contribution is 2.19. The Hall–Kier alpha value is -0.830. The van der Waals surface area contributed by atoms with Gasteiger partial charge in [-0.15, -0.1) is 24.0 Å². The minimum absolute atomic E-state index is 0. The predicted molar refractivity (Wildman–Crippen MR) is 115 cm³/mol. The monoisotopic (exact) mass is 476 g/mol. The Labute approximate surface area is 174 Å². The van der Waals surface area contributed by atoms with E-state index in [1.165, 1.54) is 25.7 Å². The molecule has 2 heterocycles. The predicted octanol–water partition coefficient (Wildman–Crippen LogP) is 2.39. The average molecular weight is 476 g/mol. The van der Waals surface area contributed by atoms with Gasteiger partial charge in [0, 0.05) is 46.4 Å². The summed E-state index contributed by atoms with van der Waals surface area (Å²) in [4.78, 5) is 21.1. The molecule has 148 valence electrons. The molecule has 0 aromatic rings. The lowest BCUT2D eigenvalue weighted by molar-refractivity contribution is -0.142. The summed E-state index contributed by atoms with van der Waals surface area (Å²) in [6.07, 6.45) is 10.4. The van der Waals surface area contributed by atoms with Gasteiger partial charge in [-0.2, -0.15) is 0 Å². The molecule has 2 aliphatic heterocycles. The van der Waals surface area contributed by atoms with Crippen LogP contribution < -0.4 is 5.32 Å². The van der Waals surface area contributed by atoms with Gasteiger partial charge in [-0.3, -0.25) is 9.79 Å². The molecule has 1 unspecified atom stereocenters. The number of piperazine rings is 1. The Morgan fingerprint density at radius 3 is 2.62 bits per heavy atom. The number of hydrogen-bond donors (Lipinski definition) is 1. The summed E-state index contributed by atoms with van der Waals surface area (Å²) in [5.74, 6) is 1.13. The highest BCUT2D eigenvalue weighted by atomic mass is 127. The zero-order chi connectivity index (χ0) is 17.5. The SMILES string of the molecule is CN=C(NCCC1=CCCCC1)N1CCN(C(=O)C2CCCO2)CC1.I. The summed E-state index contributed by atoms with van der Waals surface area (Å²) >= 11 is 0. The van der Waals surface area contributed by atoms with E-state index >= 15 is 0 Å². The minimum Gasteiger partial charge on any atom is -0.368 e. The molecule has 7 heteroatoms. The summed E-state index contributed by atoms with van der Waals surface area (Å²) in [5.41, 5.74) is 1.58. The van der Waals surface area contributed by atoms with Crippen molar-refractivity contribution in [2.75, 3.05) is 46.4 Å². The number of carbonyl (C=O) groups is 1. The summed E-state index contributed by atoms with van der Waals surface area (Å²) in [7, 11) is 1.84. The minimum atomic E-state index is -0.201. The third-order valence-electron chi connectivity index (χ3n) is 5.42. The topological polar surface area (TPSA) is 57.2 Å². The number of nitrogens with one attached hydrogen (secondary N) is 1. The number of allylic oxidation sites excluding steroid dienone is 1. The molecule has 3 rings (SSSR count). The van der Waals surface area contributed by atoms with Crippen LogP contribution in [0.2, 0.25) is 0 Å². The van der Waals surface area contributed by atoms with E-state index < -0.39 is 0 Å². The first-order chi connectivity index (χ1) is 12.3. The van der Waals surface area contributed by atoms with E-state index in [0.29, 0.717) is 0 Å². The standard InChI is InChI=1S/C19H32N4O2.HI/c1-20-19(21-10-9-16-6-3-2-4-7-16)23-13-11-22(12-14-23)18(24)17-8-5-15-25-17;/h6,17H,2-5,7-15H2,1H3,(H,20,21);1H. The van der Waals surface area contributed by atoms with Crippen molar-refractivity contribution in [1.29, 1.82) is 0 Å².